The summed E-state index contributed by atoms with van der Waals surface area (Å²) in [5, 5.41) is 15.4. The highest BCUT2D eigenvalue weighted by Gasteiger charge is 2.18. The minimum Gasteiger partial charge on any atom is -0.394 e. The second-order valence-electron chi connectivity index (χ2n) is 3.65. The normalized spacial score (nSPS) is 23.1. The summed E-state index contributed by atoms with van der Waals surface area (Å²) in [4.78, 5) is 4.19. The summed E-state index contributed by atoms with van der Waals surface area (Å²) in [5.41, 5.74) is 0. The number of hydrogen-bond donors (Lipinski definition) is 2. The molecule has 1 aliphatic rings. The molecule has 2 heterocycles. The van der Waals surface area contributed by atoms with Gasteiger partial charge in [-0.3, -0.25) is 0 Å². The fourth-order valence-electron chi connectivity index (χ4n) is 1.72. The first-order valence-corrected chi connectivity index (χ1v) is 6.13. The fourth-order valence-corrected chi connectivity index (χ4v) is 2.42. The molecule has 2 rings (SSSR count). The first kappa shape index (κ1) is 11.0. The molecule has 1 aromatic rings. The van der Waals surface area contributed by atoms with Crippen LogP contribution in [-0.4, -0.2) is 36.0 Å². The van der Waals surface area contributed by atoms with Crippen molar-refractivity contribution in [2.75, 3.05) is 19.8 Å². The van der Waals surface area contributed by atoms with Crippen LogP contribution in [0.2, 0.25) is 0 Å². The van der Waals surface area contributed by atoms with Crippen molar-refractivity contribution in [2.45, 2.75) is 25.0 Å². The molecule has 1 saturated heterocycles. The Morgan fingerprint density at radius 2 is 2.67 bits per heavy atom. The number of aromatic nitrogens is 1. The van der Waals surface area contributed by atoms with Crippen molar-refractivity contribution in [3.8, 4) is 0 Å². The molecule has 84 valence electrons. The lowest BCUT2D eigenvalue weighted by Gasteiger charge is -2.16. The second kappa shape index (κ2) is 5.55. The molecule has 4 nitrogen and oxygen atoms in total. The lowest BCUT2D eigenvalue weighted by molar-refractivity contribution is 0.104. The monoisotopic (exact) mass is 228 g/mol. The molecule has 15 heavy (non-hydrogen) atoms. The van der Waals surface area contributed by atoms with Gasteiger partial charge in [-0.15, -0.1) is 11.3 Å². The Hall–Kier alpha value is -0.490. The van der Waals surface area contributed by atoms with Crippen molar-refractivity contribution < 1.29 is 9.84 Å². The van der Waals surface area contributed by atoms with Gasteiger partial charge in [0.25, 0.3) is 0 Å². The van der Waals surface area contributed by atoms with Crippen LogP contribution in [0.1, 0.15) is 23.9 Å². The highest BCUT2D eigenvalue weighted by Crippen LogP contribution is 2.16. The van der Waals surface area contributed by atoms with E-state index >= 15 is 0 Å². The average Bonchev–Trinajstić information content (AvgIpc) is 2.90. The summed E-state index contributed by atoms with van der Waals surface area (Å²) < 4.78 is 5.50. The van der Waals surface area contributed by atoms with Crippen molar-refractivity contribution in [1.29, 1.82) is 0 Å². The molecule has 0 aliphatic carbocycles. The topological polar surface area (TPSA) is 54.4 Å². The fraction of sp³-hybridized carbons (Fsp3) is 0.700. The molecule has 2 unspecified atom stereocenters. The van der Waals surface area contributed by atoms with Gasteiger partial charge in [0.15, 0.2) is 0 Å². The van der Waals surface area contributed by atoms with E-state index in [0.717, 1.165) is 31.0 Å². The molecule has 2 N–H and O–H groups in total. The zero-order valence-corrected chi connectivity index (χ0v) is 9.37. The Balaban J connectivity index is 1.80. The number of nitrogens with one attached hydrogen (secondary N) is 1. The third-order valence-electron chi connectivity index (χ3n) is 2.55. The van der Waals surface area contributed by atoms with Crippen LogP contribution in [0.25, 0.3) is 0 Å². The van der Waals surface area contributed by atoms with Gasteiger partial charge < -0.3 is 15.2 Å². The van der Waals surface area contributed by atoms with Crippen molar-refractivity contribution in [3.05, 3.63) is 16.6 Å². The van der Waals surface area contributed by atoms with Crippen LogP contribution in [0.5, 0.6) is 0 Å². The van der Waals surface area contributed by atoms with E-state index < -0.39 is 0 Å². The average molecular weight is 228 g/mol. The number of aliphatic hydroxyl groups excluding tert-OH is 1. The Bertz CT molecular complexity index is 273. The number of rotatable bonds is 5. The zero-order valence-electron chi connectivity index (χ0n) is 8.56. The van der Waals surface area contributed by atoms with Crippen LogP contribution in [0, 0.1) is 0 Å². The van der Waals surface area contributed by atoms with Crippen LogP contribution >= 0.6 is 11.3 Å². The minimum atomic E-state index is -0.0470. The minimum absolute atomic E-state index is 0.0470. The molecule has 0 bridgehead atoms. The standard InChI is InChI=1S/C10H16N2O2S/c13-7-9(10-11-3-5-15-10)12-6-8-2-1-4-14-8/h3,5,8-9,12-13H,1-2,4,6-7H2. The molecular weight excluding hydrogens is 212 g/mol. The molecule has 0 aromatic carbocycles. The molecule has 0 spiro atoms. The largest absolute Gasteiger partial charge is 0.394 e. The Labute approximate surface area is 93.3 Å². The predicted octanol–water partition coefficient (Wildman–Crippen LogP) is 0.945. The van der Waals surface area contributed by atoms with Gasteiger partial charge in [0.2, 0.25) is 0 Å². The molecule has 5 heteroatoms. The first-order chi connectivity index (χ1) is 7.40. The number of aliphatic hydroxyl groups is 1. The summed E-state index contributed by atoms with van der Waals surface area (Å²) in [6, 6.07) is -0.0470. The van der Waals surface area contributed by atoms with Crippen LogP contribution < -0.4 is 5.32 Å². The van der Waals surface area contributed by atoms with Gasteiger partial charge in [-0.05, 0) is 12.8 Å². The van der Waals surface area contributed by atoms with E-state index in [2.05, 4.69) is 10.3 Å². The summed E-state index contributed by atoms with van der Waals surface area (Å²) in [7, 11) is 0. The molecule has 1 fully saturated rings. The van der Waals surface area contributed by atoms with E-state index in [0.29, 0.717) is 6.10 Å². The van der Waals surface area contributed by atoms with E-state index in [1.807, 2.05) is 5.38 Å². The van der Waals surface area contributed by atoms with E-state index in [1.165, 1.54) is 0 Å². The maximum absolute atomic E-state index is 9.24. The van der Waals surface area contributed by atoms with Gasteiger partial charge in [0, 0.05) is 24.7 Å². The SMILES string of the molecule is OCC(NCC1CCCO1)c1nccs1. The molecular formula is C10H16N2O2S. The van der Waals surface area contributed by atoms with Gasteiger partial charge in [-0.25, -0.2) is 4.98 Å². The van der Waals surface area contributed by atoms with Crippen molar-refractivity contribution >= 4 is 11.3 Å². The van der Waals surface area contributed by atoms with Crippen LogP contribution in [0.15, 0.2) is 11.6 Å². The third kappa shape index (κ3) is 2.98. The van der Waals surface area contributed by atoms with E-state index in [9.17, 15) is 5.11 Å². The van der Waals surface area contributed by atoms with Crippen LogP contribution in [0.3, 0.4) is 0 Å². The smallest absolute Gasteiger partial charge is 0.112 e. The van der Waals surface area contributed by atoms with E-state index in [4.69, 9.17) is 4.74 Å². The van der Waals surface area contributed by atoms with Crippen molar-refractivity contribution in [1.82, 2.24) is 10.3 Å². The van der Waals surface area contributed by atoms with E-state index in [-0.39, 0.29) is 12.6 Å². The summed E-state index contributed by atoms with van der Waals surface area (Å²) in [6.45, 7) is 1.75. The van der Waals surface area contributed by atoms with Gasteiger partial charge >= 0.3 is 0 Å². The van der Waals surface area contributed by atoms with Crippen molar-refractivity contribution in [2.24, 2.45) is 0 Å². The maximum atomic E-state index is 9.24. The number of ether oxygens (including phenoxy) is 1. The van der Waals surface area contributed by atoms with Gasteiger partial charge in [0.05, 0.1) is 18.8 Å². The molecule has 0 amide bonds. The quantitative estimate of drug-likeness (QED) is 0.787. The molecule has 0 radical (unpaired) electrons. The predicted molar refractivity (Wildman–Crippen MR) is 58.9 cm³/mol. The Morgan fingerprint density at radius 3 is 3.27 bits per heavy atom. The molecule has 2 atom stereocenters. The lowest BCUT2D eigenvalue weighted by Crippen LogP contribution is -2.31. The second-order valence-corrected chi connectivity index (χ2v) is 4.57. The van der Waals surface area contributed by atoms with Gasteiger partial charge in [-0.1, -0.05) is 0 Å². The number of thiazole rings is 1. The summed E-state index contributed by atoms with van der Waals surface area (Å²) >= 11 is 1.56. The first-order valence-electron chi connectivity index (χ1n) is 5.25. The molecule has 1 aliphatic heterocycles. The Kier molecular flexibility index (Phi) is 4.08. The number of hydrogen-bond acceptors (Lipinski definition) is 5. The Morgan fingerprint density at radius 1 is 1.73 bits per heavy atom. The van der Waals surface area contributed by atoms with Gasteiger partial charge in [0.1, 0.15) is 5.01 Å². The lowest BCUT2D eigenvalue weighted by atomic mass is 10.2. The van der Waals surface area contributed by atoms with Gasteiger partial charge in [-0.2, -0.15) is 0 Å². The zero-order chi connectivity index (χ0) is 10.5. The summed E-state index contributed by atoms with van der Waals surface area (Å²) in [5.74, 6) is 0. The summed E-state index contributed by atoms with van der Waals surface area (Å²) in [6.07, 6.45) is 4.33. The van der Waals surface area contributed by atoms with Crippen molar-refractivity contribution in [3.63, 3.8) is 0 Å². The van der Waals surface area contributed by atoms with Crippen LogP contribution in [0.4, 0.5) is 0 Å². The van der Waals surface area contributed by atoms with Crippen LogP contribution in [-0.2, 0) is 4.74 Å². The highest BCUT2D eigenvalue weighted by atomic mass is 32.1. The van der Waals surface area contributed by atoms with E-state index in [1.54, 1.807) is 17.5 Å². The highest BCUT2D eigenvalue weighted by molar-refractivity contribution is 7.09. The molecule has 1 aromatic heterocycles. The third-order valence-corrected chi connectivity index (χ3v) is 3.44. The maximum Gasteiger partial charge on any atom is 0.112 e. The molecule has 0 saturated carbocycles. The number of nitrogens with zero attached hydrogens (tertiary/aromatic N) is 1.